The molecule has 1 aliphatic rings. The Kier molecular flexibility index (Phi) is 29.5. The molecular weight excluding hydrogens is 612 g/mol. The number of aliphatic carboxylic acids is 1. The van der Waals surface area contributed by atoms with Gasteiger partial charge in [-0.25, -0.2) is 14.5 Å². The minimum Gasteiger partial charge on any atom is -0.481 e. The lowest BCUT2D eigenvalue weighted by Gasteiger charge is -2.23. The van der Waals surface area contributed by atoms with Crippen LogP contribution in [0.15, 0.2) is 30.3 Å². The van der Waals surface area contributed by atoms with Crippen molar-refractivity contribution in [2.24, 2.45) is 17.8 Å². The van der Waals surface area contributed by atoms with Crippen molar-refractivity contribution in [3.63, 3.8) is 0 Å². The molecule has 4 atom stereocenters. The summed E-state index contributed by atoms with van der Waals surface area (Å²) in [5.41, 5.74) is 0.457. The fraction of sp³-hybridized carbons (Fsp3) is 0.711. The van der Waals surface area contributed by atoms with Gasteiger partial charge in [-0.2, -0.15) is 0 Å². The number of rotatable bonds is 13. The van der Waals surface area contributed by atoms with Gasteiger partial charge in [0.05, 0.1) is 13.0 Å². The Bertz CT molecular complexity index is 1040. The quantitative estimate of drug-likeness (QED) is 0.197. The first kappa shape index (κ1) is 51.4. The first-order valence-corrected chi connectivity index (χ1v) is 16.4. The van der Waals surface area contributed by atoms with E-state index in [2.05, 4.69) is 12.2 Å². The van der Waals surface area contributed by atoms with Crippen LogP contribution >= 0.6 is 0 Å². The van der Waals surface area contributed by atoms with E-state index in [0.717, 1.165) is 56.9 Å². The molecular formula is C38H70N2O8. The molecule has 2 N–H and O–H groups in total. The molecule has 0 bridgehead atoms. The summed E-state index contributed by atoms with van der Waals surface area (Å²) in [5.74, 6) is -1.37. The van der Waals surface area contributed by atoms with Crippen LogP contribution in [0.1, 0.15) is 135 Å². The number of esters is 1. The molecule has 2 rings (SSSR count). The third kappa shape index (κ3) is 20.1. The van der Waals surface area contributed by atoms with Crippen LogP contribution in [0.5, 0.6) is 0 Å². The molecule has 0 unspecified atom stereocenters. The predicted octanol–water partition coefficient (Wildman–Crippen LogP) is 8.70. The normalized spacial score (nSPS) is 15.1. The van der Waals surface area contributed by atoms with E-state index >= 15 is 0 Å². The van der Waals surface area contributed by atoms with Crippen molar-refractivity contribution in [1.29, 1.82) is 0 Å². The number of nitrogens with one attached hydrogen (secondary N) is 1. The van der Waals surface area contributed by atoms with Gasteiger partial charge in [-0.15, -0.1) is 0 Å². The van der Waals surface area contributed by atoms with Crippen LogP contribution in [-0.4, -0.2) is 65.2 Å². The lowest BCUT2D eigenvalue weighted by molar-refractivity contribution is -0.145. The summed E-state index contributed by atoms with van der Waals surface area (Å²) < 4.78 is 9.96. The zero-order valence-electron chi connectivity index (χ0n) is 29.0. The predicted molar refractivity (Wildman–Crippen MR) is 196 cm³/mol. The highest BCUT2D eigenvalue weighted by Gasteiger charge is 2.36. The summed E-state index contributed by atoms with van der Waals surface area (Å²) in [6, 6.07) is 8.99. The third-order valence-electron chi connectivity index (χ3n) is 7.49. The first-order chi connectivity index (χ1) is 21.2. The molecule has 280 valence electrons. The molecule has 1 aromatic carbocycles. The Hall–Kier alpha value is -3.43. The smallest absolute Gasteiger partial charge is 0.417 e. The Morgan fingerprint density at radius 2 is 1.44 bits per heavy atom. The second-order valence-corrected chi connectivity index (χ2v) is 12.3. The van der Waals surface area contributed by atoms with Crippen LogP contribution in [0.4, 0.5) is 4.79 Å². The maximum Gasteiger partial charge on any atom is 0.417 e. The number of carboxylic acids is 1. The van der Waals surface area contributed by atoms with Crippen LogP contribution in [0.25, 0.3) is 0 Å². The van der Waals surface area contributed by atoms with Crippen LogP contribution < -0.4 is 5.32 Å². The van der Waals surface area contributed by atoms with Gasteiger partial charge in [-0.05, 0) is 64.9 Å². The molecule has 3 amide bonds. The number of amides is 3. The van der Waals surface area contributed by atoms with Crippen LogP contribution in [0.2, 0.25) is 0 Å². The number of benzene rings is 1. The van der Waals surface area contributed by atoms with E-state index in [9.17, 15) is 24.0 Å². The number of carbonyl (C=O) groups excluding carboxylic acids is 4. The van der Waals surface area contributed by atoms with Gasteiger partial charge in [0.1, 0.15) is 11.6 Å². The van der Waals surface area contributed by atoms with E-state index < -0.39 is 29.7 Å². The molecule has 0 saturated carbocycles. The molecule has 0 aliphatic carbocycles. The summed E-state index contributed by atoms with van der Waals surface area (Å²) in [5, 5.41) is 11.3. The zero-order valence-corrected chi connectivity index (χ0v) is 29.0. The highest BCUT2D eigenvalue weighted by Crippen LogP contribution is 2.23. The van der Waals surface area contributed by atoms with Crippen molar-refractivity contribution in [2.75, 3.05) is 13.7 Å². The monoisotopic (exact) mass is 683 g/mol. The maximum atomic E-state index is 12.3. The highest BCUT2D eigenvalue weighted by atomic mass is 16.6. The molecule has 10 nitrogen and oxygen atoms in total. The van der Waals surface area contributed by atoms with Gasteiger partial charge >= 0.3 is 18.0 Å². The molecule has 0 aromatic heterocycles. The minimum atomic E-state index is -0.653. The van der Waals surface area contributed by atoms with Gasteiger partial charge in [-0.3, -0.25) is 14.4 Å². The fourth-order valence-corrected chi connectivity index (χ4v) is 4.81. The number of imide groups is 1. The summed E-state index contributed by atoms with van der Waals surface area (Å²) in [6.45, 7) is 15.8. The van der Waals surface area contributed by atoms with Crippen LogP contribution in [-0.2, 0) is 35.1 Å². The molecule has 1 aliphatic heterocycles. The summed E-state index contributed by atoms with van der Waals surface area (Å²) in [6.07, 6.45) is 6.57. The number of nitrogens with zero attached hydrogens (tertiary/aromatic N) is 1. The average Bonchev–Trinajstić information content (AvgIpc) is 3.38. The van der Waals surface area contributed by atoms with Crippen molar-refractivity contribution in [3.8, 4) is 0 Å². The second kappa shape index (κ2) is 27.5. The largest absolute Gasteiger partial charge is 0.481 e. The first-order valence-electron chi connectivity index (χ1n) is 16.4. The molecule has 0 spiro atoms. The summed E-state index contributed by atoms with van der Waals surface area (Å²) in [4.78, 5) is 59.0. The van der Waals surface area contributed by atoms with Crippen molar-refractivity contribution in [2.45, 2.75) is 147 Å². The van der Waals surface area contributed by atoms with E-state index in [1.165, 1.54) is 12.0 Å². The van der Waals surface area contributed by atoms with Gasteiger partial charge in [-0.1, -0.05) is 100 Å². The zero-order chi connectivity index (χ0) is 34.6. The number of methoxy groups -OCH3 is 1. The summed E-state index contributed by atoms with van der Waals surface area (Å²) in [7, 11) is 1.34. The van der Waals surface area contributed by atoms with Gasteiger partial charge in [0.15, 0.2) is 0 Å². The van der Waals surface area contributed by atoms with Crippen molar-refractivity contribution < 1.29 is 38.6 Å². The summed E-state index contributed by atoms with van der Waals surface area (Å²) >= 11 is 0. The van der Waals surface area contributed by atoms with Crippen molar-refractivity contribution >= 4 is 29.8 Å². The maximum absolute atomic E-state index is 12.3. The lowest BCUT2D eigenvalue weighted by atomic mass is 9.98. The van der Waals surface area contributed by atoms with Crippen LogP contribution in [0.3, 0.4) is 0 Å². The molecule has 1 aromatic rings. The number of likely N-dealkylation sites (tertiary alicyclic amines) is 1. The van der Waals surface area contributed by atoms with Crippen molar-refractivity contribution in [1.82, 2.24) is 10.2 Å². The van der Waals surface area contributed by atoms with E-state index in [1.807, 2.05) is 58.0 Å². The lowest BCUT2D eigenvalue weighted by Crippen LogP contribution is -2.45. The second-order valence-electron chi connectivity index (χ2n) is 12.3. The number of ether oxygens (including phenoxy) is 2. The standard InChI is InChI=1S/C17H25NO3.C11H19NO3.C7H14O2.3CH4/c1-4-9-14(5-2)16(19)18-15(17(20)21-3)12-13-10-7-6-8-11-13;1-5-8-6-7-12(9(8)13)10(14)15-11(2,3)4;1-3-5-6(4-2)7(8)9;;;/h6-8,10-11,14-15H,4-5,9,12H2,1-3H3,(H,18,19);8H,5-7H2,1-4H3;6H,3-5H2,1-2H3,(H,8,9);3*1H4/t14-,15+;8-;6-;;;/m111.../s1. The Morgan fingerprint density at radius 3 is 1.81 bits per heavy atom. The van der Waals surface area contributed by atoms with E-state index in [1.54, 1.807) is 20.8 Å². The van der Waals surface area contributed by atoms with E-state index in [-0.39, 0.29) is 51.8 Å². The molecule has 48 heavy (non-hydrogen) atoms. The van der Waals surface area contributed by atoms with Crippen LogP contribution in [0, 0.1) is 17.8 Å². The fourth-order valence-electron chi connectivity index (χ4n) is 4.81. The molecule has 10 heteroatoms. The Labute approximate surface area is 292 Å². The number of hydrogen-bond donors (Lipinski definition) is 2. The Morgan fingerprint density at radius 1 is 0.917 bits per heavy atom. The SMILES string of the molecule is C.C.C.CCC[C@@H](CC)C(=O)N[C@@H](Cc1ccccc1)C(=O)OC.CCC[C@@H](CC)C(=O)O.CC[C@@H]1CCN(C(=O)OC(C)(C)C)C1=O. The third-order valence-corrected chi connectivity index (χ3v) is 7.49. The number of carboxylic acid groups (broad SMARTS) is 1. The van der Waals surface area contributed by atoms with Gasteiger partial charge < -0.3 is 19.9 Å². The van der Waals surface area contributed by atoms with Gasteiger partial charge in [0, 0.05) is 24.8 Å². The molecule has 1 fully saturated rings. The molecule has 1 heterocycles. The van der Waals surface area contributed by atoms with E-state index in [4.69, 9.17) is 14.6 Å². The molecule has 0 radical (unpaired) electrons. The van der Waals surface area contributed by atoms with Gasteiger partial charge in [0.25, 0.3) is 0 Å². The highest BCUT2D eigenvalue weighted by molar-refractivity contribution is 5.95. The number of carbonyl (C=O) groups is 5. The van der Waals surface area contributed by atoms with Gasteiger partial charge in [0.2, 0.25) is 11.8 Å². The average molecular weight is 683 g/mol. The topological polar surface area (TPSA) is 139 Å². The number of hydrogen-bond acceptors (Lipinski definition) is 7. The van der Waals surface area contributed by atoms with Crippen molar-refractivity contribution in [3.05, 3.63) is 35.9 Å². The minimum absolute atomic E-state index is 0. The van der Waals surface area contributed by atoms with E-state index in [0.29, 0.717) is 13.0 Å². The molecule has 1 saturated heterocycles. The Balaban J connectivity index is -0.000000316.